The summed E-state index contributed by atoms with van der Waals surface area (Å²) in [7, 11) is 0. The SMILES string of the molecule is CC.CC#CC1=C(C)CC(O)CC1(C)C. The molecule has 0 amide bonds. The topological polar surface area (TPSA) is 20.2 Å². The van der Waals surface area contributed by atoms with Gasteiger partial charge in [0.2, 0.25) is 0 Å². The molecule has 15 heavy (non-hydrogen) atoms. The number of aliphatic hydroxyl groups is 1. The minimum atomic E-state index is -0.183. The fraction of sp³-hybridized carbons (Fsp3) is 0.714. The minimum Gasteiger partial charge on any atom is -0.393 e. The second kappa shape index (κ2) is 5.98. The number of rotatable bonds is 0. The van der Waals surface area contributed by atoms with Gasteiger partial charge in [0, 0.05) is 11.0 Å². The van der Waals surface area contributed by atoms with Crippen LogP contribution in [0.5, 0.6) is 0 Å². The molecule has 0 spiro atoms. The maximum Gasteiger partial charge on any atom is 0.0586 e. The summed E-state index contributed by atoms with van der Waals surface area (Å²) in [4.78, 5) is 0. The first-order chi connectivity index (χ1) is 6.97. The number of aliphatic hydroxyl groups excluding tert-OH is 1. The molecule has 1 unspecified atom stereocenters. The number of allylic oxidation sites excluding steroid dienone is 1. The van der Waals surface area contributed by atoms with E-state index in [0.717, 1.165) is 12.8 Å². The van der Waals surface area contributed by atoms with E-state index in [1.54, 1.807) is 0 Å². The van der Waals surface area contributed by atoms with E-state index in [1.807, 2.05) is 20.8 Å². The highest BCUT2D eigenvalue weighted by atomic mass is 16.3. The summed E-state index contributed by atoms with van der Waals surface area (Å²) >= 11 is 0. The Morgan fingerprint density at radius 3 is 2.27 bits per heavy atom. The Kier molecular flexibility index (Phi) is 5.68. The van der Waals surface area contributed by atoms with Crippen molar-refractivity contribution in [1.29, 1.82) is 0 Å². The molecule has 0 fully saturated rings. The Morgan fingerprint density at radius 1 is 1.33 bits per heavy atom. The summed E-state index contributed by atoms with van der Waals surface area (Å²) in [5.41, 5.74) is 2.52. The van der Waals surface area contributed by atoms with Gasteiger partial charge < -0.3 is 5.11 Å². The van der Waals surface area contributed by atoms with Gasteiger partial charge in [-0.15, -0.1) is 5.92 Å². The van der Waals surface area contributed by atoms with Crippen LogP contribution < -0.4 is 0 Å². The molecule has 0 aliphatic heterocycles. The first kappa shape index (κ1) is 14.3. The average molecular weight is 208 g/mol. The molecule has 1 rings (SSSR count). The van der Waals surface area contributed by atoms with E-state index in [9.17, 15) is 5.11 Å². The van der Waals surface area contributed by atoms with Crippen molar-refractivity contribution in [3.8, 4) is 11.8 Å². The van der Waals surface area contributed by atoms with E-state index in [-0.39, 0.29) is 11.5 Å². The molecule has 1 nitrogen and oxygen atoms in total. The molecule has 0 aromatic heterocycles. The van der Waals surface area contributed by atoms with E-state index in [1.165, 1.54) is 11.1 Å². The van der Waals surface area contributed by atoms with Gasteiger partial charge in [-0.3, -0.25) is 0 Å². The Hall–Kier alpha value is -0.740. The highest BCUT2D eigenvalue weighted by Crippen LogP contribution is 2.39. The standard InChI is InChI=1S/C12H18O.C2H6/c1-5-6-11-9(2)7-10(13)8-12(11,3)4;1-2/h10,13H,7-8H2,1-4H3;1-2H3. The summed E-state index contributed by atoms with van der Waals surface area (Å²) in [6.45, 7) is 12.2. The lowest BCUT2D eigenvalue weighted by Gasteiger charge is -2.34. The Balaban J connectivity index is 0.000000921. The lowest BCUT2D eigenvalue weighted by Crippen LogP contribution is -2.28. The summed E-state index contributed by atoms with van der Waals surface area (Å²) in [6, 6.07) is 0. The second-order valence-corrected chi connectivity index (χ2v) is 4.48. The lowest BCUT2D eigenvalue weighted by atomic mass is 9.72. The zero-order valence-electron chi connectivity index (χ0n) is 10.9. The van der Waals surface area contributed by atoms with Gasteiger partial charge in [-0.1, -0.05) is 39.2 Å². The largest absolute Gasteiger partial charge is 0.393 e. The summed E-state index contributed by atoms with van der Waals surface area (Å²) in [5.74, 6) is 6.11. The minimum absolute atomic E-state index is 0.0464. The molecule has 1 atom stereocenters. The smallest absolute Gasteiger partial charge is 0.0586 e. The normalized spacial score (nSPS) is 23.5. The highest BCUT2D eigenvalue weighted by Gasteiger charge is 2.31. The number of hydrogen-bond donors (Lipinski definition) is 1. The van der Waals surface area contributed by atoms with Gasteiger partial charge in [0.15, 0.2) is 0 Å². The van der Waals surface area contributed by atoms with Crippen LogP contribution in [-0.2, 0) is 0 Å². The van der Waals surface area contributed by atoms with Crippen molar-refractivity contribution >= 4 is 0 Å². The molecule has 1 aliphatic carbocycles. The van der Waals surface area contributed by atoms with Gasteiger partial charge in [-0.2, -0.15) is 0 Å². The molecule has 0 bridgehead atoms. The second-order valence-electron chi connectivity index (χ2n) is 4.48. The molecule has 0 saturated carbocycles. The predicted molar refractivity (Wildman–Crippen MR) is 66.5 cm³/mol. The van der Waals surface area contributed by atoms with Crippen LogP contribution in [0.2, 0.25) is 0 Å². The molecule has 0 radical (unpaired) electrons. The quantitative estimate of drug-likeness (QED) is 0.604. The van der Waals surface area contributed by atoms with Crippen molar-refractivity contribution in [3.63, 3.8) is 0 Å². The lowest BCUT2D eigenvalue weighted by molar-refractivity contribution is 0.117. The fourth-order valence-corrected chi connectivity index (χ4v) is 2.20. The summed E-state index contributed by atoms with van der Waals surface area (Å²) < 4.78 is 0. The third kappa shape index (κ3) is 3.72. The first-order valence-electron chi connectivity index (χ1n) is 5.78. The van der Waals surface area contributed by atoms with Crippen LogP contribution in [-0.4, -0.2) is 11.2 Å². The molecular formula is C14H24O. The zero-order chi connectivity index (χ0) is 12.1. The molecule has 0 aromatic rings. The highest BCUT2D eigenvalue weighted by molar-refractivity contribution is 5.39. The predicted octanol–water partition coefficient (Wildman–Crippen LogP) is 3.53. The Morgan fingerprint density at radius 2 is 1.87 bits per heavy atom. The van der Waals surface area contributed by atoms with Crippen LogP contribution in [0.25, 0.3) is 0 Å². The van der Waals surface area contributed by atoms with Crippen molar-refractivity contribution in [3.05, 3.63) is 11.1 Å². The van der Waals surface area contributed by atoms with Crippen molar-refractivity contribution in [2.24, 2.45) is 5.41 Å². The average Bonchev–Trinajstić information content (AvgIpc) is 2.13. The monoisotopic (exact) mass is 208 g/mol. The molecule has 1 heteroatoms. The van der Waals surface area contributed by atoms with Crippen LogP contribution in [0.4, 0.5) is 0 Å². The van der Waals surface area contributed by atoms with Gasteiger partial charge in [-0.25, -0.2) is 0 Å². The van der Waals surface area contributed by atoms with Crippen LogP contribution in [0, 0.1) is 17.3 Å². The summed E-state index contributed by atoms with van der Waals surface area (Å²) in [6.07, 6.45) is 1.43. The van der Waals surface area contributed by atoms with E-state index in [0.29, 0.717) is 0 Å². The first-order valence-corrected chi connectivity index (χ1v) is 5.78. The van der Waals surface area contributed by atoms with Crippen LogP contribution >= 0.6 is 0 Å². The zero-order valence-corrected chi connectivity index (χ0v) is 10.9. The van der Waals surface area contributed by atoms with E-state index in [4.69, 9.17) is 0 Å². The van der Waals surface area contributed by atoms with Gasteiger partial charge in [0.25, 0.3) is 0 Å². The molecule has 86 valence electrons. The molecule has 0 heterocycles. The molecular weight excluding hydrogens is 184 g/mol. The van der Waals surface area contributed by atoms with Crippen molar-refractivity contribution in [1.82, 2.24) is 0 Å². The maximum absolute atomic E-state index is 9.62. The van der Waals surface area contributed by atoms with Gasteiger partial charge in [0.1, 0.15) is 0 Å². The maximum atomic E-state index is 9.62. The number of hydrogen-bond acceptors (Lipinski definition) is 1. The molecule has 1 N–H and O–H groups in total. The Bertz CT molecular complexity index is 286. The molecule has 0 saturated heterocycles. The summed E-state index contributed by atoms with van der Waals surface area (Å²) in [5, 5.41) is 9.62. The van der Waals surface area contributed by atoms with E-state index >= 15 is 0 Å². The van der Waals surface area contributed by atoms with Gasteiger partial charge >= 0.3 is 0 Å². The fourth-order valence-electron chi connectivity index (χ4n) is 2.20. The van der Waals surface area contributed by atoms with Gasteiger partial charge in [0.05, 0.1) is 6.10 Å². The van der Waals surface area contributed by atoms with Crippen molar-refractivity contribution in [2.75, 3.05) is 0 Å². The molecule has 0 aromatic carbocycles. The van der Waals surface area contributed by atoms with Crippen molar-refractivity contribution < 1.29 is 5.11 Å². The Labute approximate surface area is 94.6 Å². The molecule has 1 aliphatic rings. The van der Waals surface area contributed by atoms with Crippen LogP contribution in [0.1, 0.15) is 54.4 Å². The van der Waals surface area contributed by atoms with Gasteiger partial charge in [-0.05, 0) is 26.7 Å². The van der Waals surface area contributed by atoms with E-state index in [2.05, 4.69) is 32.6 Å². The van der Waals surface area contributed by atoms with Crippen molar-refractivity contribution in [2.45, 2.75) is 60.5 Å². The van der Waals surface area contributed by atoms with Crippen LogP contribution in [0.15, 0.2) is 11.1 Å². The third-order valence-corrected chi connectivity index (χ3v) is 2.64. The van der Waals surface area contributed by atoms with Crippen LogP contribution in [0.3, 0.4) is 0 Å². The third-order valence-electron chi connectivity index (χ3n) is 2.64. The van der Waals surface area contributed by atoms with E-state index < -0.39 is 0 Å².